The smallest absolute Gasteiger partial charge is 0.240 e. The van der Waals surface area contributed by atoms with E-state index in [1.54, 1.807) is 12.2 Å². The molecule has 1 fully saturated rings. The number of rotatable bonds is 8. The second kappa shape index (κ2) is 9.59. The van der Waals surface area contributed by atoms with Crippen molar-refractivity contribution in [2.45, 2.75) is 6.42 Å². The van der Waals surface area contributed by atoms with Crippen molar-refractivity contribution in [3.05, 3.63) is 39.3 Å². The summed E-state index contributed by atoms with van der Waals surface area (Å²) < 4.78 is 48.6. The Labute approximate surface area is 181 Å². The van der Waals surface area contributed by atoms with Crippen LogP contribution in [-0.2, 0) is 10.0 Å². The molecule has 3 heterocycles. The maximum absolute atomic E-state index is 12.4. The zero-order valence-corrected chi connectivity index (χ0v) is 19.0. The molecule has 0 saturated carbocycles. The maximum Gasteiger partial charge on any atom is 0.240 e. The van der Waals surface area contributed by atoms with Gasteiger partial charge >= 0.3 is 0 Å². The number of hydrogen-bond acceptors (Lipinski definition) is 6. The number of fused-ring (bicyclic) bond motifs is 1. The Hall–Kier alpha value is -1.43. The minimum absolute atomic E-state index is 0.120. The number of nitrogens with one attached hydrogen (secondary N) is 1. The lowest BCUT2D eigenvalue weighted by Crippen LogP contribution is -2.32. The lowest BCUT2D eigenvalue weighted by atomic mass is 10.1. The lowest BCUT2D eigenvalue weighted by molar-refractivity contribution is 0.158. The molecule has 0 bridgehead atoms. The molecule has 0 spiro atoms. The van der Waals surface area contributed by atoms with Crippen molar-refractivity contribution in [3.8, 4) is 17.2 Å². The van der Waals surface area contributed by atoms with Crippen molar-refractivity contribution in [1.82, 2.24) is 9.62 Å². The topological polar surface area (TPSA) is 77.1 Å². The van der Waals surface area contributed by atoms with Gasteiger partial charge in [-0.3, -0.25) is 4.90 Å². The molecule has 1 aromatic rings. The maximum atomic E-state index is 12.4. The largest absolute Gasteiger partial charge is 0.488 e. The summed E-state index contributed by atoms with van der Waals surface area (Å²) >= 11 is -0.120. The summed E-state index contributed by atoms with van der Waals surface area (Å²) in [4.78, 5) is 2.67. The molecule has 158 valence electrons. The van der Waals surface area contributed by atoms with E-state index >= 15 is 0 Å². The van der Waals surface area contributed by atoms with E-state index in [-0.39, 0.29) is 20.7 Å². The number of hydrogen-bond donors (Lipinski definition) is 1. The molecule has 7 nitrogen and oxygen atoms in total. The van der Waals surface area contributed by atoms with Gasteiger partial charge in [-0.1, -0.05) is 26.8 Å². The molecular weight excluding hydrogens is 507 g/mol. The van der Waals surface area contributed by atoms with Crippen LogP contribution < -0.4 is 18.9 Å². The van der Waals surface area contributed by atoms with Crippen LogP contribution in [-0.4, -0.2) is 63.3 Å². The van der Waals surface area contributed by atoms with Crippen LogP contribution in [0, 0.1) is 5.92 Å². The van der Waals surface area contributed by atoms with Crippen molar-refractivity contribution in [3.63, 3.8) is 0 Å². The van der Waals surface area contributed by atoms with Gasteiger partial charge < -0.3 is 14.2 Å². The first kappa shape index (κ1) is 20.8. The van der Waals surface area contributed by atoms with Crippen LogP contribution in [0.15, 0.2) is 39.3 Å². The summed E-state index contributed by atoms with van der Waals surface area (Å²) in [6, 6.07) is 5.67. The van der Waals surface area contributed by atoms with Gasteiger partial charge in [0.1, 0.15) is 19.8 Å². The molecule has 1 aromatic carbocycles. The zero-order chi connectivity index (χ0) is 20.1. The second-order valence-electron chi connectivity index (χ2n) is 7.05. The predicted molar refractivity (Wildman–Crippen MR) is 122 cm³/mol. The number of halogens is 1. The molecule has 1 saturated heterocycles. The minimum atomic E-state index is -3.41. The number of sulfonamides is 1. The third-order valence-corrected chi connectivity index (χ3v) is 8.03. The van der Waals surface area contributed by atoms with Gasteiger partial charge in [-0.25, -0.2) is 13.1 Å². The van der Waals surface area contributed by atoms with Crippen LogP contribution in [0.5, 0.6) is 17.2 Å². The number of nitrogens with zero attached hydrogens (tertiary/aromatic N) is 1. The molecule has 0 radical (unpaired) electrons. The highest BCUT2D eigenvalue weighted by Gasteiger charge is 2.25. The molecule has 0 aliphatic carbocycles. The van der Waals surface area contributed by atoms with E-state index in [4.69, 9.17) is 14.2 Å². The number of benzene rings is 1. The van der Waals surface area contributed by atoms with E-state index in [1.165, 1.54) is 0 Å². The number of ether oxygens (including phenoxy) is 3. The van der Waals surface area contributed by atoms with E-state index < -0.39 is 10.0 Å². The van der Waals surface area contributed by atoms with Gasteiger partial charge in [-0.05, 0) is 51.3 Å². The van der Waals surface area contributed by atoms with Crippen molar-refractivity contribution >= 4 is 34.8 Å². The fourth-order valence-electron chi connectivity index (χ4n) is 3.51. The van der Waals surface area contributed by atoms with Crippen molar-refractivity contribution in [2.24, 2.45) is 5.92 Å². The quantitative estimate of drug-likeness (QED) is 0.518. The van der Waals surface area contributed by atoms with Gasteiger partial charge in [0.15, 0.2) is 11.5 Å². The fourth-order valence-corrected chi connectivity index (χ4v) is 6.55. The van der Waals surface area contributed by atoms with Gasteiger partial charge in [0.25, 0.3) is 0 Å². The van der Waals surface area contributed by atoms with E-state index in [0.29, 0.717) is 48.7 Å². The van der Waals surface area contributed by atoms with Gasteiger partial charge in [-0.2, -0.15) is 0 Å². The SMILES string of the molecule is O=S(=O)(NCC1CCN(CCOc2cccc3c2OCCO3)C1)C1=CC=IC=C1. The van der Waals surface area contributed by atoms with E-state index in [0.717, 1.165) is 31.8 Å². The molecule has 3 aliphatic rings. The summed E-state index contributed by atoms with van der Waals surface area (Å²) in [6.07, 6.45) is 4.41. The Morgan fingerprint density at radius 2 is 2.17 bits per heavy atom. The van der Waals surface area contributed by atoms with E-state index in [2.05, 4.69) is 9.62 Å². The Morgan fingerprint density at radius 3 is 3.03 bits per heavy atom. The Kier molecular flexibility index (Phi) is 6.88. The number of likely N-dealkylation sites (tertiary alicyclic amines) is 1. The van der Waals surface area contributed by atoms with Crippen LogP contribution in [0.2, 0.25) is 0 Å². The van der Waals surface area contributed by atoms with Crippen molar-refractivity contribution in [2.75, 3.05) is 46.0 Å². The predicted octanol–water partition coefficient (Wildman–Crippen LogP) is 2.26. The summed E-state index contributed by atoms with van der Waals surface area (Å²) in [5.74, 6) is 2.43. The summed E-state index contributed by atoms with van der Waals surface area (Å²) in [5, 5.41) is 0. The number of para-hydroxylation sites is 1. The van der Waals surface area contributed by atoms with Gasteiger partial charge in [0.05, 0.1) is 4.91 Å². The highest BCUT2D eigenvalue weighted by atomic mass is 127. The first-order chi connectivity index (χ1) is 14.1. The molecule has 29 heavy (non-hydrogen) atoms. The third-order valence-electron chi connectivity index (χ3n) is 5.04. The van der Waals surface area contributed by atoms with Gasteiger partial charge in [0.2, 0.25) is 15.8 Å². The Balaban J connectivity index is 1.21. The third kappa shape index (κ3) is 5.39. The standard InChI is InChI=1S/C20H25IN2O5S/c24-29(25,17-4-7-21-8-5-17)22-14-16-6-9-23(15-16)10-11-26-18-2-1-3-19-20(18)28-13-12-27-19/h1-5,7-8,16,22H,6,9-15H2. The van der Waals surface area contributed by atoms with Crippen molar-refractivity contribution < 1.29 is 22.6 Å². The highest BCUT2D eigenvalue weighted by Crippen LogP contribution is 2.38. The summed E-state index contributed by atoms with van der Waals surface area (Å²) in [7, 11) is -3.41. The molecule has 9 heteroatoms. The molecule has 4 rings (SSSR count). The molecular formula is C20H25IN2O5S. The highest BCUT2D eigenvalue weighted by molar-refractivity contribution is 14.2. The second-order valence-corrected chi connectivity index (χ2v) is 11.0. The normalized spacial score (nSPS) is 21.5. The van der Waals surface area contributed by atoms with Crippen LogP contribution in [0.4, 0.5) is 0 Å². The Bertz CT molecular complexity index is 929. The average Bonchev–Trinajstić information content (AvgIpc) is 3.21. The van der Waals surface area contributed by atoms with Gasteiger partial charge in [-0.15, -0.1) is 0 Å². The minimum Gasteiger partial charge on any atom is -0.488 e. The zero-order valence-electron chi connectivity index (χ0n) is 16.1. The molecule has 1 N–H and O–H groups in total. The molecule has 1 unspecified atom stereocenters. The van der Waals surface area contributed by atoms with Crippen LogP contribution in [0.1, 0.15) is 6.42 Å². The van der Waals surface area contributed by atoms with Crippen LogP contribution in [0.3, 0.4) is 0 Å². The van der Waals surface area contributed by atoms with E-state index in [1.807, 2.05) is 26.3 Å². The van der Waals surface area contributed by atoms with Crippen LogP contribution >= 0.6 is 20.7 Å². The molecule has 0 aromatic heterocycles. The molecule has 0 amide bonds. The summed E-state index contributed by atoms with van der Waals surface area (Å²) in [5.41, 5.74) is 0. The number of allylic oxidation sites excluding steroid dienone is 2. The lowest BCUT2D eigenvalue weighted by Gasteiger charge is -2.22. The van der Waals surface area contributed by atoms with Crippen molar-refractivity contribution in [1.29, 1.82) is 0 Å². The van der Waals surface area contributed by atoms with Crippen LogP contribution in [0.25, 0.3) is 0 Å². The summed E-state index contributed by atoms with van der Waals surface area (Å²) in [6.45, 7) is 4.71. The molecule has 1 atom stereocenters. The average molecular weight is 532 g/mol. The van der Waals surface area contributed by atoms with E-state index in [9.17, 15) is 8.42 Å². The monoisotopic (exact) mass is 532 g/mol. The molecule has 3 aliphatic heterocycles. The Morgan fingerprint density at radius 1 is 1.28 bits per heavy atom. The first-order valence-corrected chi connectivity index (χ1v) is 13.6. The first-order valence-electron chi connectivity index (χ1n) is 9.67. The fraction of sp³-hybridized carbons (Fsp3) is 0.450. The van der Waals surface area contributed by atoms with Gasteiger partial charge in [0, 0.05) is 19.6 Å².